The largest absolute Gasteiger partial charge is 0.494 e. The van der Waals surface area contributed by atoms with Gasteiger partial charge in [0.25, 0.3) is 0 Å². The Morgan fingerprint density at radius 1 is 0.657 bits per heavy atom. The molecular formula is C32H40O3. The lowest BCUT2D eigenvalue weighted by Crippen LogP contribution is -2.10. The number of unbranched alkanes of at least 4 members (excludes halogenated alkanes) is 7. The third-order valence-electron chi connectivity index (χ3n) is 6.28. The molecular weight excluding hydrogens is 432 g/mol. The highest BCUT2D eigenvalue weighted by Gasteiger charge is 2.15. The molecule has 3 aromatic rings. The molecule has 3 heteroatoms. The van der Waals surface area contributed by atoms with Crippen LogP contribution in [0.4, 0.5) is 0 Å². The average molecular weight is 473 g/mol. The smallest absolute Gasteiger partial charge is 0.344 e. The topological polar surface area (TPSA) is 35.5 Å². The number of hydrogen-bond acceptors (Lipinski definition) is 3. The van der Waals surface area contributed by atoms with Gasteiger partial charge in [-0.15, -0.1) is 0 Å². The quantitative estimate of drug-likeness (QED) is 0.126. The van der Waals surface area contributed by atoms with E-state index >= 15 is 0 Å². The van der Waals surface area contributed by atoms with E-state index in [9.17, 15) is 4.79 Å². The lowest BCUT2D eigenvalue weighted by Gasteiger charge is -2.11. The fourth-order valence-corrected chi connectivity index (χ4v) is 4.18. The molecule has 0 amide bonds. The Morgan fingerprint density at radius 3 is 2.03 bits per heavy atom. The van der Waals surface area contributed by atoms with Crippen molar-refractivity contribution in [1.29, 1.82) is 0 Å². The van der Waals surface area contributed by atoms with Crippen LogP contribution in [-0.2, 0) is 6.42 Å². The second kappa shape index (κ2) is 15.0. The summed E-state index contributed by atoms with van der Waals surface area (Å²) in [6.45, 7) is 5.17. The Hall–Kier alpha value is -3.07. The molecule has 0 heterocycles. The van der Waals surface area contributed by atoms with Gasteiger partial charge >= 0.3 is 5.97 Å². The van der Waals surface area contributed by atoms with E-state index in [1.165, 1.54) is 56.9 Å². The third-order valence-corrected chi connectivity index (χ3v) is 6.28. The Bertz CT molecular complexity index is 1010. The molecule has 35 heavy (non-hydrogen) atoms. The highest BCUT2D eigenvalue weighted by Crippen LogP contribution is 2.26. The average Bonchev–Trinajstić information content (AvgIpc) is 2.90. The molecule has 0 saturated carbocycles. The zero-order chi connectivity index (χ0) is 24.7. The Morgan fingerprint density at radius 2 is 1.29 bits per heavy atom. The molecule has 3 nitrogen and oxygen atoms in total. The minimum atomic E-state index is -0.353. The van der Waals surface area contributed by atoms with E-state index in [4.69, 9.17) is 9.47 Å². The monoisotopic (exact) mass is 472 g/mol. The lowest BCUT2D eigenvalue weighted by atomic mass is 9.97. The molecule has 0 unspecified atom stereocenters. The van der Waals surface area contributed by atoms with Crippen molar-refractivity contribution in [2.24, 2.45) is 0 Å². The normalized spacial score (nSPS) is 10.8. The highest BCUT2D eigenvalue weighted by atomic mass is 16.5. The molecule has 0 aliphatic heterocycles. The minimum Gasteiger partial charge on any atom is -0.494 e. The summed E-state index contributed by atoms with van der Waals surface area (Å²) in [5.74, 6) is 0.967. The number of carbonyl (C=O) groups is 1. The number of esters is 1. The summed E-state index contributed by atoms with van der Waals surface area (Å²) in [7, 11) is 0. The Labute approximate surface area is 211 Å². The van der Waals surface area contributed by atoms with Crippen LogP contribution in [0, 0.1) is 0 Å². The van der Waals surface area contributed by atoms with Crippen molar-refractivity contribution >= 4 is 5.97 Å². The van der Waals surface area contributed by atoms with Gasteiger partial charge in [0, 0.05) is 0 Å². The van der Waals surface area contributed by atoms with Gasteiger partial charge in [0.05, 0.1) is 12.2 Å². The predicted octanol–water partition coefficient (Wildman–Crippen LogP) is 9.04. The van der Waals surface area contributed by atoms with Gasteiger partial charge in [-0.05, 0) is 66.3 Å². The molecule has 0 bridgehead atoms. The van der Waals surface area contributed by atoms with E-state index < -0.39 is 0 Å². The van der Waals surface area contributed by atoms with Crippen LogP contribution in [0.25, 0.3) is 11.1 Å². The molecule has 0 atom stereocenters. The van der Waals surface area contributed by atoms with Gasteiger partial charge in [-0.3, -0.25) is 0 Å². The number of hydrogen-bond donors (Lipinski definition) is 0. The van der Waals surface area contributed by atoms with Gasteiger partial charge in [0.2, 0.25) is 0 Å². The minimum absolute atomic E-state index is 0.353. The number of carbonyl (C=O) groups excluding carboxylic acids is 1. The first kappa shape index (κ1) is 26.5. The van der Waals surface area contributed by atoms with Crippen LogP contribution >= 0.6 is 0 Å². The molecule has 0 fully saturated rings. The zero-order valence-electron chi connectivity index (χ0n) is 21.4. The van der Waals surface area contributed by atoms with Crippen LogP contribution in [0.1, 0.15) is 87.6 Å². The molecule has 3 rings (SSSR count). The second-order valence-electron chi connectivity index (χ2n) is 9.18. The van der Waals surface area contributed by atoms with Crippen LogP contribution in [0.5, 0.6) is 11.5 Å². The number of rotatable bonds is 15. The maximum absolute atomic E-state index is 13.0. The summed E-state index contributed by atoms with van der Waals surface area (Å²) in [6.07, 6.45) is 12.2. The van der Waals surface area contributed by atoms with E-state index in [-0.39, 0.29) is 5.97 Å². The molecule has 0 radical (unpaired) electrons. The van der Waals surface area contributed by atoms with E-state index in [0.29, 0.717) is 11.3 Å². The van der Waals surface area contributed by atoms with Crippen LogP contribution < -0.4 is 9.47 Å². The SMILES string of the molecule is CCCCCCCCOc1ccc(OC(=O)c2ccccc2-c2ccc(CCCCC)cc2)cc1. The molecule has 0 saturated heterocycles. The van der Waals surface area contributed by atoms with Crippen molar-refractivity contribution in [2.75, 3.05) is 6.61 Å². The Balaban J connectivity index is 1.55. The van der Waals surface area contributed by atoms with Crippen molar-refractivity contribution < 1.29 is 14.3 Å². The second-order valence-corrected chi connectivity index (χ2v) is 9.18. The first-order valence-corrected chi connectivity index (χ1v) is 13.3. The van der Waals surface area contributed by atoms with Gasteiger partial charge in [-0.25, -0.2) is 4.79 Å². The highest BCUT2D eigenvalue weighted by molar-refractivity contribution is 5.98. The maximum Gasteiger partial charge on any atom is 0.344 e. The van der Waals surface area contributed by atoms with Gasteiger partial charge in [-0.1, -0.05) is 101 Å². The summed E-state index contributed by atoms with van der Waals surface area (Å²) >= 11 is 0. The van der Waals surface area contributed by atoms with Crippen molar-refractivity contribution in [3.63, 3.8) is 0 Å². The third kappa shape index (κ3) is 8.90. The fourth-order valence-electron chi connectivity index (χ4n) is 4.18. The predicted molar refractivity (Wildman–Crippen MR) is 145 cm³/mol. The Kier molecular flexibility index (Phi) is 11.4. The molecule has 3 aromatic carbocycles. The van der Waals surface area contributed by atoms with Crippen molar-refractivity contribution in [2.45, 2.75) is 78.1 Å². The van der Waals surface area contributed by atoms with Crippen LogP contribution in [0.15, 0.2) is 72.8 Å². The molecule has 0 spiro atoms. The summed E-state index contributed by atoms with van der Waals surface area (Å²) in [5.41, 5.74) is 3.81. The van der Waals surface area contributed by atoms with Crippen molar-refractivity contribution in [3.05, 3.63) is 83.9 Å². The zero-order valence-corrected chi connectivity index (χ0v) is 21.4. The van der Waals surface area contributed by atoms with Gasteiger partial charge in [0.1, 0.15) is 11.5 Å². The summed E-state index contributed by atoms with van der Waals surface area (Å²) < 4.78 is 11.5. The van der Waals surface area contributed by atoms with E-state index in [1.54, 1.807) is 12.1 Å². The van der Waals surface area contributed by atoms with Gasteiger partial charge < -0.3 is 9.47 Å². The van der Waals surface area contributed by atoms with E-state index in [2.05, 4.69) is 38.1 Å². The van der Waals surface area contributed by atoms with Crippen molar-refractivity contribution in [1.82, 2.24) is 0 Å². The standard InChI is InChI=1S/C32H40O3/c1-3-5-7-8-9-13-25-34-28-21-23-29(24-22-28)35-32(33)31-16-12-11-15-30(31)27-19-17-26(18-20-27)14-10-6-4-2/h11-12,15-24H,3-10,13-14,25H2,1-2H3. The first-order valence-electron chi connectivity index (χ1n) is 13.3. The van der Waals surface area contributed by atoms with Crippen LogP contribution in [-0.4, -0.2) is 12.6 Å². The van der Waals surface area contributed by atoms with Gasteiger partial charge in [0.15, 0.2) is 0 Å². The summed E-state index contributed by atoms with van der Waals surface area (Å²) in [4.78, 5) is 13.0. The molecule has 0 aromatic heterocycles. The summed E-state index contributed by atoms with van der Waals surface area (Å²) in [6, 6.07) is 23.5. The maximum atomic E-state index is 13.0. The molecule has 0 aliphatic rings. The van der Waals surface area contributed by atoms with Gasteiger partial charge in [-0.2, -0.15) is 0 Å². The number of ether oxygens (including phenoxy) is 2. The molecule has 186 valence electrons. The lowest BCUT2D eigenvalue weighted by molar-refractivity contribution is 0.0735. The van der Waals surface area contributed by atoms with Crippen LogP contribution in [0.2, 0.25) is 0 Å². The summed E-state index contributed by atoms with van der Waals surface area (Å²) in [5, 5.41) is 0. The van der Waals surface area contributed by atoms with Crippen molar-refractivity contribution in [3.8, 4) is 22.6 Å². The number of benzene rings is 3. The first-order chi connectivity index (χ1) is 17.2. The fraction of sp³-hybridized carbons (Fsp3) is 0.406. The van der Waals surface area contributed by atoms with E-state index in [0.717, 1.165) is 36.3 Å². The van der Waals surface area contributed by atoms with Crippen LogP contribution in [0.3, 0.4) is 0 Å². The molecule has 0 N–H and O–H groups in total. The number of aryl methyl sites for hydroxylation is 1. The molecule has 0 aliphatic carbocycles. The van der Waals surface area contributed by atoms with E-state index in [1.807, 2.05) is 36.4 Å².